The minimum atomic E-state index is -0.420. The van der Waals surface area contributed by atoms with Gasteiger partial charge in [0.2, 0.25) is 11.8 Å². The molecular weight excluding hydrogens is 442 g/mol. The van der Waals surface area contributed by atoms with Crippen molar-refractivity contribution in [2.45, 2.75) is 86.4 Å². The number of likely N-dealkylation sites (tertiary alicyclic amines) is 1. The molecule has 0 bridgehead atoms. The lowest BCUT2D eigenvalue weighted by atomic mass is 9.90. The van der Waals surface area contributed by atoms with Crippen LogP contribution < -0.4 is 10.1 Å². The predicted octanol–water partition coefficient (Wildman–Crippen LogP) is 4.21. The molecule has 1 aromatic heterocycles. The van der Waals surface area contributed by atoms with Crippen molar-refractivity contribution in [1.82, 2.24) is 25.0 Å². The lowest BCUT2D eigenvalue weighted by Crippen LogP contribution is -2.38. The smallest absolute Gasteiger partial charge is 0.226 e. The molecular formula is C27H41N5O3. The van der Waals surface area contributed by atoms with Gasteiger partial charge >= 0.3 is 0 Å². The number of benzene rings is 1. The number of hydrogen-bond donors (Lipinski definition) is 1. The highest BCUT2D eigenvalue weighted by Gasteiger charge is 2.43. The Bertz CT molecular complexity index is 1040. The summed E-state index contributed by atoms with van der Waals surface area (Å²) in [6.07, 6.45) is 3.53. The Labute approximate surface area is 209 Å². The molecule has 8 heteroatoms. The van der Waals surface area contributed by atoms with Crippen LogP contribution in [0.3, 0.4) is 0 Å². The first kappa shape index (κ1) is 26.7. The van der Waals surface area contributed by atoms with Crippen LogP contribution >= 0.6 is 0 Å². The minimum Gasteiger partial charge on any atom is -0.496 e. The highest BCUT2D eigenvalue weighted by Crippen LogP contribution is 2.37. The van der Waals surface area contributed by atoms with Gasteiger partial charge in [-0.3, -0.25) is 9.59 Å². The third kappa shape index (κ3) is 6.41. The number of amides is 2. The summed E-state index contributed by atoms with van der Waals surface area (Å²) in [6.45, 7) is 13.9. The Morgan fingerprint density at radius 1 is 1.23 bits per heavy atom. The molecule has 8 nitrogen and oxygen atoms in total. The van der Waals surface area contributed by atoms with Gasteiger partial charge in [0.15, 0.2) is 5.82 Å². The second kappa shape index (κ2) is 11.2. The van der Waals surface area contributed by atoms with Crippen LogP contribution in [-0.2, 0) is 29.1 Å². The van der Waals surface area contributed by atoms with E-state index in [4.69, 9.17) is 4.74 Å². The zero-order valence-electron chi connectivity index (χ0n) is 22.4. The fraction of sp³-hybridized carbons (Fsp3) is 0.630. The predicted molar refractivity (Wildman–Crippen MR) is 136 cm³/mol. The zero-order valence-corrected chi connectivity index (χ0v) is 22.4. The lowest BCUT2D eigenvalue weighted by Gasteiger charge is -2.27. The van der Waals surface area contributed by atoms with Crippen LogP contribution in [0.1, 0.15) is 82.7 Å². The molecule has 35 heavy (non-hydrogen) atoms. The molecule has 1 saturated heterocycles. The Hall–Kier alpha value is -2.90. The summed E-state index contributed by atoms with van der Waals surface area (Å²) in [5.74, 6) is 1.87. The van der Waals surface area contributed by atoms with Gasteiger partial charge in [0.1, 0.15) is 17.6 Å². The molecule has 2 atom stereocenters. The molecule has 1 aromatic carbocycles. The van der Waals surface area contributed by atoms with E-state index in [1.165, 1.54) is 0 Å². The fourth-order valence-corrected chi connectivity index (χ4v) is 4.92. The van der Waals surface area contributed by atoms with Crippen LogP contribution in [0.25, 0.3) is 0 Å². The molecule has 1 N–H and O–H groups in total. The first-order valence-corrected chi connectivity index (χ1v) is 12.7. The van der Waals surface area contributed by atoms with Gasteiger partial charge in [-0.25, -0.2) is 0 Å². The maximum Gasteiger partial charge on any atom is 0.226 e. The first-order valence-electron chi connectivity index (χ1n) is 12.7. The van der Waals surface area contributed by atoms with E-state index in [1.54, 1.807) is 18.9 Å². The Morgan fingerprint density at radius 2 is 1.97 bits per heavy atom. The average molecular weight is 484 g/mol. The summed E-state index contributed by atoms with van der Waals surface area (Å²) in [5.41, 5.74) is 2.28. The van der Waals surface area contributed by atoms with E-state index in [0.29, 0.717) is 31.9 Å². The molecule has 1 aliphatic rings. The summed E-state index contributed by atoms with van der Waals surface area (Å²) in [7, 11) is 1.63. The summed E-state index contributed by atoms with van der Waals surface area (Å²) >= 11 is 0. The van der Waals surface area contributed by atoms with E-state index in [-0.39, 0.29) is 23.1 Å². The van der Waals surface area contributed by atoms with E-state index < -0.39 is 6.04 Å². The SMILES string of the molecule is CCn1c(CCCC(C)(C)C)nnc1[C@@H]1[C@@H](C(=O)NCc2ccc(C)cc2OC)CCN1C(C)=O. The van der Waals surface area contributed by atoms with E-state index in [1.807, 2.05) is 25.1 Å². The van der Waals surface area contributed by atoms with Gasteiger partial charge in [0, 0.05) is 38.5 Å². The molecule has 2 aromatic rings. The monoisotopic (exact) mass is 483 g/mol. The van der Waals surface area contributed by atoms with Crippen molar-refractivity contribution in [2.24, 2.45) is 11.3 Å². The van der Waals surface area contributed by atoms with Gasteiger partial charge < -0.3 is 19.5 Å². The average Bonchev–Trinajstić information content (AvgIpc) is 3.40. The second-order valence-corrected chi connectivity index (χ2v) is 10.7. The molecule has 1 aliphatic heterocycles. The van der Waals surface area contributed by atoms with Gasteiger partial charge in [0.25, 0.3) is 0 Å². The molecule has 0 spiro atoms. The fourth-order valence-electron chi connectivity index (χ4n) is 4.92. The van der Waals surface area contributed by atoms with Crippen molar-refractivity contribution in [2.75, 3.05) is 13.7 Å². The first-order chi connectivity index (χ1) is 16.6. The number of ether oxygens (including phenoxy) is 1. The number of carbonyl (C=O) groups excluding carboxylic acids is 2. The molecule has 2 amide bonds. The van der Waals surface area contributed by atoms with E-state index >= 15 is 0 Å². The van der Waals surface area contributed by atoms with Crippen LogP contribution in [0, 0.1) is 18.3 Å². The van der Waals surface area contributed by atoms with E-state index in [9.17, 15) is 9.59 Å². The summed E-state index contributed by atoms with van der Waals surface area (Å²) in [4.78, 5) is 27.6. The third-order valence-electron chi connectivity index (χ3n) is 6.80. The molecule has 0 aliphatic carbocycles. The number of nitrogens with zero attached hydrogens (tertiary/aromatic N) is 4. The molecule has 192 valence electrons. The maximum absolute atomic E-state index is 13.4. The topological polar surface area (TPSA) is 89.3 Å². The van der Waals surface area contributed by atoms with Crippen LogP contribution in [0.4, 0.5) is 0 Å². The van der Waals surface area contributed by atoms with E-state index in [2.05, 4.69) is 47.8 Å². The Balaban J connectivity index is 1.81. The van der Waals surface area contributed by atoms with Crippen molar-refractivity contribution < 1.29 is 14.3 Å². The standard InChI is InChI=1S/C27H41N5O3/c1-8-31-23(10-9-14-27(4,5)6)29-30-25(31)24-21(13-15-32(24)19(3)33)26(34)28-17-20-12-11-18(2)16-22(20)35-7/h11-12,16,21,24H,8-10,13-15,17H2,1-7H3,(H,28,34)/t21-,24-/m0/s1. The zero-order chi connectivity index (χ0) is 25.8. The second-order valence-electron chi connectivity index (χ2n) is 10.7. The molecule has 0 radical (unpaired) electrons. The third-order valence-corrected chi connectivity index (χ3v) is 6.80. The van der Waals surface area contributed by atoms with Gasteiger partial charge in [-0.15, -0.1) is 10.2 Å². The van der Waals surface area contributed by atoms with Crippen molar-refractivity contribution in [3.05, 3.63) is 41.0 Å². The molecule has 1 fully saturated rings. The van der Waals surface area contributed by atoms with Gasteiger partial charge in [0.05, 0.1) is 13.0 Å². The highest BCUT2D eigenvalue weighted by atomic mass is 16.5. The number of aromatic nitrogens is 3. The quantitative estimate of drug-likeness (QED) is 0.577. The number of methoxy groups -OCH3 is 1. The van der Waals surface area contributed by atoms with Crippen molar-refractivity contribution >= 4 is 11.8 Å². The number of carbonyl (C=O) groups is 2. The maximum atomic E-state index is 13.4. The van der Waals surface area contributed by atoms with Crippen molar-refractivity contribution in [3.63, 3.8) is 0 Å². The van der Waals surface area contributed by atoms with Crippen LogP contribution in [-0.4, -0.2) is 45.1 Å². The van der Waals surface area contributed by atoms with Crippen LogP contribution in [0.15, 0.2) is 18.2 Å². The van der Waals surface area contributed by atoms with Crippen LogP contribution in [0.5, 0.6) is 5.75 Å². The lowest BCUT2D eigenvalue weighted by molar-refractivity contribution is -0.132. The largest absolute Gasteiger partial charge is 0.496 e. The Morgan fingerprint density at radius 3 is 2.60 bits per heavy atom. The van der Waals surface area contributed by atoms with Crippen molar-refractivity contribution in [3.8, 4) is 5.75 Å². The number of hydrogen-bond acceptors (Lipinski definition) is 5. The highest BCUT2D eigenvalue weighted by molar-refractivity contribution is 5.82. The van der Waals surface area contributed by atoms with Crippen molar-refractivity contribution in [1.29, 1.82) is 0 Å². The van der Waals surface area contributed by atoms with Gasteiger partial charge in [-0.1, -0.05) is 32.9 Å². The summed E-state index contributed by atoms with van der Waals surface area (Å²) in [6, 6.07) is 5.52. The van der Waals surface area contributed by atoms with E-state index in [0.717, 1.165) is 42.0 Å². The molecule has 0 saturated carbocycles. The molecule has 2 heterocycles. The number of aryl methyl sites for hydroxylation is 2. The van der Waals surface area contributed by atoms with Gasteiger partial charge in [-0.05, 0) is 50.2 Å². The normalized spacial score (nSPS) is 18.1. The van der Waals surface area contributed by atoms with Crippen LogP contribution in [0.2, 0.25) is 0 Å². The number of nitrogens with one attached hydrogen (secondary N) is 1. The summed E-state index contributed by atoms with van der Waals surface area (Å²) < 4.78 is 7.58. The summed E-state index contributed by atoms with van der Waals surface area (Å²) in [5, 5.41) is 12.1. The van der Waals surface area contributed by atoms with Gasteiger partial charge in [-0.2, -0.15) is 0 Å². The number of rotatable bonds is 9. The minimum absolute atomic E-state index is 0.0505. The molecule has 0 unspecified atom stereocenters. The molecule has 3 rings (SSSR count). The Kier molecular flexibility index (Phi) is 8.56.